The van der Waals surface area contributed by atoms with Gasteiger partial charge in [-0.2, -0.15) is 5.26 Å². The minimum Gasteiger partial charge on any atom is -0.335 e. The average molecular weight is 258 g/mol. The number of aryl methyl sites for hydroxylation is 1. The van der Waals surface area contributed by atoms with Crippen LogP contribution < -0.4 is 0 Å². The van der Waals surface area contributed by atoms with E-state index in [1.807, 2.05) is 18.4 Å². The van der Waals surface area contributed by atoms with Gasteiger partial charge in [0.15, 0.2) is 0 Å². The van der Waals surface area contributed by atoms with Gasteiger partial charge in [-0.05, 0) is 12.3 Å². The highest BCUT2D eigenvalue weighted by atomic mass is 32.2. The molecule has 0 bridgehead atoms. The number of para-hydroxylation sites is 1. The first-order valence-electron chi connectivity index (χ1n) is 5.22. The molecule has 0 radical (unpaired) electrons. The molecular weight excluding hydrogens is 248 g/mol. The molecule has 0 unspecified atom stereocenters. The van der Waals surface area contributed by atoms with Crippen molar-refractivity contribution >= 4 is 44.2 Å². The molecule has 3 rings (SSSR count). The standard InChI is InChI=1S/C13H10N2S2/c1-15-10-6-4-3-5-8(10)11-9(7-14)13(16-2)17-12(11)15/h3-6H,1-2H3. The molecule has 2 aromatic heterocycles. The van der Waals surface area contributed by atoms with Crippen LogP contribution >= 0.6 is 23.1 Å². The molecule has 0 fully saturated rings. The molecule has 0 aliphatic heterocycles. The Balaban J connectivity index is 2.60. The highest BCUT2D eigenvalue weighted by Gasteiger charge is 2.18. The molecule has 0 amide bonds. The largest absolute Gasteiger partial charge is 0.335 e. The van der Waals surface area contributed by atoms with E-state index in [9.17, 15) is 5.26 Å². The minimum atomic E-state index is 0.828. The van der Waals surface area contributed by atoms with E-state index in [1.165, 1.54) is 15.7 Å². The van der Waals surface area contributed by atoms with E-state index in [1.54, 1.807) is 23.1 Å². The summed E-state index contributed by atoms with van der Waals surface area (Å²) >= 11 is 3.35. The predicted molar refractivity (Wildman–Crippen MR) is 74.8 cm³/mol. The van der Waals surface area contributed by atoms with Crippen molar-refractivity contribution in [3.63, 3.8) is 0 Å². The summed E-state index contributed by atoms with van der Waals surface area (Å²) < 4.78 is 3.29. The van der Waals surface area contributed by atoms with Gasteiger partial charge in [0, 0.05) is 23.3 Å². The quantitative estimate of drug-likeness (QED) is 0.618. The number of nitrogens with zero attached hydrogens (tertiary/aromatic N) is 2. The summed E-state index contributed by atoms with van der Waals surface area (Å²) in [5.41, 5.74) is 2.02. The number of fused-ring (bicyclic) bond motifs is 3. The highest BCUT2D eigenvalue weighted by molar-refractivity contribution is 8.00. The summed E-state index contributed by atoms with van der Waals surface area (Å²) in [4.78, 5) is 1.19. The smallest absolute Gasteiger partial charge is 0.106 e. The Labute approximate surface area is 107 Å². The maximum absolute atomic E-state index is 9.34. The number of thioether (sulfide) groups is 1. The number of aromatic nitrogens is 1. The fourth-order valence-corrected chi connectivity index (χ4v) is 4.11. The Kier molecular flexibility index (Phi) is 2.39. The highest BCUT2D eigenvalue weighted by Crippen LogP contribution is 2.41. The fraction of sp³-hybridized carbons (Fsp3) is 0.154. The summed E-state index contributed by atoms with van der Waals surface area (Å²) in [6.45, 7) is 0. The molecule has 0 spiro atoms. The monoisotopic (exact) mass is 258 g/mol. The third-order valence-corrected chi connectivity index (χ3v) is 5.38. The lowest BCUT2D eigenvalue weighted by atomic mass is 10.1. The molecule has 84 valence electrons. The van der Waals surface area contributed by atoms with Crippen LogP contribution in [-0.2, 0) is 7.05 Å². The molecule has 0 N–H and O–H groups in total. The Morgan fingerprint density at radius 2 is 2.12 bits per heavy atom. The lowest BCUT2D eigenvalue weighted by Crippen LogP contribution is -1.83. The van der Waals surface area contributed by atoms with Crippen LogP contribution in [0.25, 0.3) is 21.1 Å². The maximum atomic E-state index is 9.34. The average Bonchev–Trinajstić information content (AvgIpc) is 2.87. The molecule has 4 heteroatoms. The molecule has 0 atom stereocenters. The molecule has 0 saturated heterocycles. The lowest BCUT2D eigenvalue weighted by molar-refractivity contribution is 1.02. The second-order valence-corrected chi connectivity index (χ2v) is 5.91. The summed E-state index contributed by atoms with van der Waals surface area (Å²) in [5, 5.41) is 11.6. The first kappa shape index (κ1) is 10.7. The van der Waals surface area contributed by atoms with Gasteiger partial charge in [0.05, 0.1) is 9.77 Å². The van der Waals surface area contributed by atoms with Crippen molar-refractivity contribution < 1.29 is 0 Å². The van der Waals surface area contributed by atoms with Crippen molar-refractivity contribution in [2.45, 2.75) is 4.21 Å². The third kappa shape index (κ3) is 1.33. The van der Waals surface area contributed by atoms with Gasteiger partial charge in [-0.1, -0.05) is 18.2 Å². The van der Waals surface area contributed by atoms with Gasteiger partial charge >= 0.3 is 0 Å². The number of nitriles is 1. The van der Waals surface area contributed by atoms with Crippen LogP contribution in [-0.4, -0.2) is 10.8 Å². The van der Waals surface area contributed by atoms with Crippen LogP contribution in [0.15, 0.2) is 28.5 Å². The van der Waals surface area contributed by atoms with Crippen molar-refractivity contribution in [1.29, 1.82) is 5.26 Å². The van der Waals surface area contributed by atoms with Gasteiger partial charge < -0.3 is 4.57 Å². The molecular formula is C13H10N2S2. The Bertz CT molecular complexity index is 759. The Morgan fingerprint density at radius 1 is 1.35 bits per heavy atom. The van der Waals surface area contributed by atoms with E-state index < -0.39 is 0 Å². The van der Waals surface area contributed by atoms with E-state index in [-0.39, 0.29) is 0 Å². The number of benzene rings is 1. The summed E-state index contributed by atoms with van der Waals surface area (Å²) in [6.07, 6.45) is 2.02. The molecule has 17 heavy (non-hydrogen) atoms. The van der Waals surface area contributed by atoms with Gasteiger partial charge in [0.25, 0.3) is 0 Å². The van der Waals surface area contributed by atoms with E-state index in [0.717, 1.165) is 15.2 Å². The van der Waals surface area contributed by atoms with Crippen LogP contribution in [0.3, 0.4) is 0 Å². The van der Waals surface area contributed by atoms with Gasteiger partial charge in [-0.25, -0.2) is 0 Å². The Hall–Kier alpha value is -1.44. The van der Waals surface area contributed by atoms with Gasteiger partial charge in [0.1, 0.15) is 10.9 Å². The van der Waals surface area contributed by atoms with Crippen LogP contribution in [0.5, 0.6) is 0 Å². The normalized spacial score (nSPS) is 11.1. The molecule has 2 nitrogen and oxygen atoms in total. The zero-order valence-electron chi connectivity index (χ0n) is 9.52. The number of hydrogen-bond acceptors (Lipinski definition) is 3. The number of hydrogen-bond donors (Lipinski definition) is 0. The third-order valence-electron chi connectivity index (χ3n) is 2.99. The van der Waals surface area contributed by atoms with E-state index in [4.69, 9.17) is 0 Å². The Morgan fingerprint density at radius 3 is 2.82 bits per heavy atom. The SMILES string of the molecule is CSc1sc2c(c1C#N)c1ccccc1n2C. The minimum absolute atomic E-state index is 0.828. The van der Waals surface area contributed by atoms with E-state index >= 15 is 0 Å². The van der Waals surface area contributed by atoms with Crippen LogP contribution in [0.4, 0.5) is 0 Å². The van der Waals surface area contributed by atoms with Crippen molar-refractivity contribution in [1.82, 2.24) is 4.57 Å². The molecule has 1 aromatic carbocycles. The van der Waals surface area contributed by atoms with Crippen molar-refractivity contribution in [2.24, 2.45) is 7.05 Å². The van der Waals surface area contributed by atoms with Crippen LogP contribution in [0.1, 0.15) is 5.56 Å². The maximum Gasteiger partial charge on any atom is 0.106 e. The topological polar surface area (TPSA) is 28.7 Å². The van der Waals surface area contributed by atoms with Crippen molar-refractivity contribution in [3.05, 3.63) is 29.8 Å². The van der Waals surface area contributed by atoms with Crippen LogP contribution in [0.2, 0.25) is 0 Å². The summed E-state index contributed by atoms with van der Waals surface area (Å²) in [7, 11) is 2.06. The number of rotatable bonds is 1. The van der Waals surface area contributed by atoms with E-state index in [0.29, 0.717) is 0 Å². The zero-order valence-corrected chi connectivity index (χ0v) is 11.2. The van der Waals surface area contributed by atoms with Gasteiger partial charge in [-0.3, -0.25) is 0 Å². The molecule has 0 aliphatic rings. The van der Waals surface area contributed by atoms with Gasteiger partial charge in [-0.15, -0.1) is 23.1 Å². The van der Waals surface area contributed by atoms with Crippen molar-refractivity contribution in [3.8, 4) is 6.07 Å². The molecule has 3 aromatic rings. The lowest BCUT2D eigenvalue weighted by Gasteiger charge is -1.96. The fourth-order valence-electron chi connectivity index (χ4n) is 2.22. The predicted octanol–water partition coefficient (Wildman–Crippen LogP) is 3.99. The van der Waals surface area contributed by atoms with Crippen LogP contribution in [0, 0.1) is 11.3 Å². The molecule has 0 aliphatic carbocycles. The molecule has 2 heterocycles. The number of thiophene rings is 1. The first-order chi connectivity index (χ1) is 8.27. The van der Waals surface area contributed by atoms with E-state index in [2.05, 4.69) is 29.8 Å². The molecule has 0 saturated carbocycles. The summed E-state index contributed by atoms with van der Waals surface area (Å²) in [5.74, 6) is 0. The van der Waals surface area contributed by atoms with Crippen molar-refractivity contribution in [2.75, 3.05) is 6.26 Å². The second kappa shape index (κ2) is 3.80. The first-order valence-corrected chi connectivity index (χ1v) is 7.26. The summed E-state index contributed by atoms with van der Waals surface area (Å²) in [6, 6.07) is 10.6. The van der Waals surface area contributed by atoms with Gasteiger partial charge in [0.2, 0.25) is 0 Å². The second-order valence-electron chi connectivity index (χ2n) is 3.84. The zero-order chi connectivity index (χ0) is 12.0.